The van der Waals surface area contributed by atoms with Crippen molar-refractivity contribution in [3.63, 3.8) is 0 Å². The predicted molar refractivity (Wildman–Crippen MR) is 154 cm³/mol. The quantitative estimate of drug-likeness (QED) is 0.236. The Morgan fingerprint density at radius 2 is 1.83 bits per heavy atom. The Kier molecular flexibility index (Phi) is 10.1. The minimum absolute atomic E-state index is 0.114. The van der Waals surface area contributed by atoms with Crippen LogP contribution in [0.2, 0.25) is 0 Å². The molecule has 3 aromatic rings. The maximum atomic E-state index is 13.2. The Morgan fingerprint density at radius 1 is 1.17 bits per heavy atom. The standard InChI is InChI=1S/C29H31N3O7S2/c1-32(11-12-38-28(35)31-23-16-24(37-2)20(18-33)15-19(23)17-30)21-7-9-22(10-8-21)39-27(34)29(36,25-5-3-13-40-25)26-6-4-14-41-26/h3-6,13-16,18,21-22,36H,7-12H2,1-2H3,(H,31,35)/t21-,22-. The molecule has 1 fully saturated rings. The number of anilines is 1. The average molecular weight is 598 g/mol. The first-order chi connectivity index (χ1) is 19.8. The fourth-order valence-corrected chi connectivity index (χ4v) is 6.52. The van der Waals surface area contributed by atoms with Gasteiger partial charge in [-0.05, 0) is 61.7 Å². The first kappa shape index (κ1) is 30.2. The van der Waals surface area contributed by atoms with Crippen LogP contribution in [0.5, 0.6) is 5.75 Å². The summed E-state index contributed by atoms with van der Waals surface area (Å²) in [7, 11) is 3.33. The van der Waals surface area contributed by atoms with Gasteiger partial charge in [0.25, 0.3) is 0 Å². The molecular formula is C29H31N3O7S2. The third-order valence-corrected chi connectivity index (χ3v) is 9.08. The molecule has 0 spiro atoms. The van der Waals surface area contributed by atoms with Crippen molar-refractivity contribution in [2.45, 2.75) is 43.4 Å². The number of methoxy groups -OCH3 is 1. The molecule has 1 amide bonds. The molecule has 2 N–H and O–H groups in total. The normalized spacial score (nSPS) is 17.0. The minimum atomic E-state index is -1.82. The predicted octanol–water partition coefficient (Wildman–Crippen LogP) is 4.77. The number of benzene rings is 1. The summed E-state index contributed by atoms with van der Waals surface area (Å²) in [5, 5.41) is 27.0. The zero-order valence-corrected chi connectivity index (χ0v) is 24.3. The van der Waals surface area contributed by atoms with Crippen molar-refractivity contribution in [3.05, 3.63) is 68.0 Å². The zero-order chi connectivity index (χ0) is 29.4. The molecule has 4 rings (SSSR count). The van der Waals surface area contributed by atoms with Crippen molar-refractivity contribution in [1.82, 2.24) is 4.90 Å². The van der Waals surface area contributed by atoms with Gasteiger partial charge < -0.3 is 24.2 Å². The van der Waals surface area contributed by atoms with Gasteiger partial charge in [-0.25, -0.2) is 9.59 Å². The molecule has 1 saturated carbocycles. The topological polar surface area (TPSA) is 138 Å². The lowest BCUT2D eigenvalue weighted by molar-refractivity contribution is -0.169. The molecule has 41 heavy (non-hydrogen) atoms. The Hall–Kier alpha value is -3.76. The van der Waals surface area contributed by atoms with Gasteiger partial charge in [-0.3, -0.25) is 10.1 Å². The van der Waals surface area contributed by atoms with Crippen LogP contribution in [0.25, 0.3) is 0 Å². The summed E-state index contributed by atoms with van der Waals surface area (Å²) < 4.78 is 16.3. The van der Waals surface area contributed by atoms with Crippen LogP contribution in [0.4, 0.5) is 10.5 Å². The number of carbonyl (C=O) groups excluding carboxylic acids is 3. The largest absolute Gasteiger partial charge is 0.496 e. The van der Waals surface area contributed by atoms with E-state index in [-0.39, 0.29) is 41.3 Å². The van der Waals surface area contributed by atoms with Crippen LogP contribution >= 0.6 is 22.7 Å². The SMILES string of the molecule is COc1cc(NC(=O)OCCN(C)[C@H]2CC[C@H](OC(=O)C(O)(c3cccs3)c3cccs3)CC2)c(C#N)cc1C=O. The lowest BCUT2D eigenvalue weighted by Crippen LogP contribution is -2.42. The molecule has 216 valence electrons. The summed E-state index contributed by atoms with van der Waals surface area (Å²) in [6.45, 7) is 0.606. The number of carbonyl (C=O) groups is 3. The van der Waals surface area contributed by atoms with Crippen LogP contribution in [0.3, 0.4) is 0 Å². The van der Waals surface area contributed by atoms with Gasteiger partial charge in [0.2, 0.25) is 5.60 Å². The van der Waals surface area contributed by atoms with Crippen molar-refractivity contribution in [3.8, 4) is 11.8 Å². The second-order valence-corrected chi connectivity index (χ2v) is 11.5. The molecule has 0 bridgehead atoms. The fraction of sp³-hybridized carbons (Fsp3) is 0.379. The molecule has 2 heterocycles. The molecule has 1 aliphatic carbocycles. The molecule has 1 aliphatic rings. The van der Waals surface area contributed by atoms with Crippen molar-refractivity contribution < 1.29 is 33.7 Å². The monoisotopic (exact) mass is 597 g/mol. The van der Waals surface area contributed by atoms with E-state index in [0.717, 1.165) is 12.8 Å². The van der Waals surface area contributed by atoms with Crippen LogP contribution in [0.1, 0.15) is 51.4 Å². The summed E-state index contributed by atoms with van der Waals surface area (Å²) in [6, 6.07) is 12.0. The lowest BCUT2D eigenvalue weighted by Gasteiger charge is -2.35. The molecule has 0 unspecified atom stereocenters. The van der Waals surface area contributed by atoms with Crippen molar-refractivity contribution in [1.29, 1.82) is 5.26 Å². The molecule has 0 radical (unpaired) electrons. The number of amides is 1. The number of ether oxygens (including phenoxy) is 3. The van der Waals surface area contributed by atoms with Crippen molar-refractivity contribution in [2.24, 2.45) is 0 Å². The number of nitriles is 1. The van der Waals surface area contributed by atoms with Gasteiger partial charge in [0.15, 0.2) is 6.29 Å². The number of rotatable bonds is 11. The van der Waals surface area contributed by atoms with E-state index in [1.165, 1.54) is 41.9 Å². The van der Waals surface area contributed by atoms with E-state index in [0.29, 0.717) is 35.4 Å². The van der Waals surface area contributed by atoms with Crippen LogP contribution < -0.4 is 10.1 Å². The van der Waals surface area contributed by atoms with Gasteiger partial charge in [-0.1, -0.05) is 12.1 Å². The third-order valence-electron chi connectivity index (χ3n) is 7.12. The molecule has 1 aromatic carbocycles. The summed E-state index contributed by atoms with van der Waals surface area (Å²) in [6.07, 6.45) is 2.43. The highest BCUT2D eigenvalue weighted by atomic mass is 32.1. The van der Waals surface area contributed by atoms with Gasteiger partial charge in [0, 0.05) is 18.7 Å². The van der Waals surface area contributed by atoms with Gasteiger partial charge >= 0.3 is 12.1 Å². The second-order valence-electron chi connectivity index (χ2n) is 9.61. The van der Waals surface area contributed by atoms with Gasteiger partial charge in [-0.15, -0.1) is 22.7 Å². The number of esters is 1. The van der Waals surface area contributed by atoms with Crippen LogP contribution in [-0.4, -0.2) is 67.8 Å². The van der Waals surface area contributed by atoms with Crippen molar-refractivity contribution in [2.75, 3.05) is 32.6 Å². The lowest BCUT2D eigenvalue weighted by atomic mass is 9.91. The maximum absolute atomic E-state index is 13.2. The van der Waals surface area contributed by atoms with E-state index in [1.807, 2.05) is 23.9 Å². The summed E-state index contributed by atoms with van der Waals surface area (Å²) in [5.74, 6) is -0.422. The van der Waals surface area contributed by atoms with Crippen LogP contribution in [0, 0.1) is 11.3 Å². The summed E-state index contributed by atoms with van der Waals surface area (Å²) >= 11 is 2.63. The number of hydrogen-bond donors (Lipinski definition) is 2. The number of hydrogen-bond acceptors (Lipinski definition) is 11. The van der Waals surface area contributed by atoms with Crippen LogP contribution in [-0.2, 0) is 19.9 Å². The molecule has 0 atom stereocenters. The molecular weight excluding hydrogens is 566 g/mol. The van der Waals surface area contributed by atoms with E-state index in [2.05, 4.69) is 10.2 Å². The number of likely N-dealkylation sites (N-methyl/N-ethyl adjacent to an activating group) is 1. The Labute approximate surface area is 246 Å². The third kappa shape index (κ3) is 6.94. The van der Waals surface area contributed by atoms with E-state index in [4.69, 9.17) is 14.2 Å². The van der Waals surface area contributed by atoms with Gasteiger partial charge in [0.1, 0.15) is 24.5 Å². The zero-order valence-electron chi connectivity index (χ0n) is 22.7. The molecule has 0 aliphatic heterocycles. The minimum Gasteiger partial charge on any atom is -0.496 e. The molecule has 0 saturated heterocycles. The van der Waals surface area contributed by atoms with Crippen molar-refractivity contribution >= 4 is 46.7 Å². The first-order valence-electron chi connectivity index (χ1n) is 13.0. The molecule has 10 nitrogen and oxygen atoms in total. The summed E-state index contributed by atoms with van der Waals surface area (Å²) in [4.78, 5) is 39.9. The number of nitrogens with one attached hydrogen (secondary N) is 1. The first-order valence-corrected chi connectivity index (χ1v) is 14.8. The smallest absolute Gasteiger partial charge is 0.411 e. The van der Waals surface area contributed by atoms with Gasteiger partial charge in [0.05, 0.1) is 33.7 Å². The highest BCUT2D eigenvalue weighted by Crippen LogP contribution is 2.38. The Bertz CT molecular complexity index is 1340. The highest BCUT2D eigenvalue weighted by molar-refractivity contribution is 7.12. The number of aldehydes is 1. The Morgan fingerprint density at radius 3 is 2.37 bits per heavy atom. The van der Waals surface area contributed by atoms with Gasteiger partial charge in [-0.2, -0.15) is 5.26 Å². The number of thiophene rings is 2. The summed E-state index contributed by atoms with van der Waals surface area (Å²) in [5.41, 5.74) is -1.31. The van der Waals surface area contributed by atoms with E-state index >= 15 is 0 Å². The maximum Gasteiger partial charge on any atom is 0.411 e. The number of nitrogens with zero attached hydrogens (tertiary/aromatic N) is 2. The van der Waals surface area contributed by atoms with E-state index in [9.17, 15) is 24.8 Å². The second kappa shape index (κ2) is 13.7. The number of aliphatic hydroxyl groups is 1. The molecule has 2 aromatic heterocycles. The highest BCUT2D eigenvalue weighted by Gasteiger charge is 2.45. The fourth-order valence-electron chi connectivity index (χ4n) is 4.80. The Balaban J connectivity index is 1.24. The van der Waals surface area contributed by atoms with E-state index in [1.54, 1.807) is 24.3 Å². The average Bonchev–Trinajstić information content (AvgIpc) is 3.72. The van der Waals surface area contributed by atoms with E-state index < -0.39 is 17.7 Å². The van der Waals surface area contributed by atoms with Crippen LogP contribution in [0.15, 0.2) is 47.2 Å². The molecule has 12 heteroatoms.